The maximum Gasteiger partial charge on any atom is 0.211 e. The molecule has 2 nitrogen and oxygen atoms in total. The highest BCUT2D eigenvalue weighted by Gasteiger charge is 2.40. The van der Waals surface area contributed by atoms with Gasteiger partial charge in [-0.25, -0.2) is 0 Å². The molecule has 0 atom stereocenters. The van der Waals surface area contributed by atoms with Gasteiger partial charge in [0, 0.05) is 43.8 Å². The number of aryl methyl sites for hydroxylation is 1. The van der Waals surface area contributed by atoms with E-state index in [4.69, 9.17) is 0 Å². The number of fused-ring (bicyclic) bond motifs is 8. The molecule has 0 unspecified atom stereocenters. The molecule has 3 aliphatic rings. The Balaban J connectivity index is 1.19. The summed E-state index contributed by atoms with van der Waals surface area (Å²) in [5.74, 6) is 0. The van der Waals surface area contributed by atoms with Gasteiger partial charge in [-0.2, -0.15) is 0 Å². The number of benzene rings is 7. The van der Waals surface area contributed by atoms with E-state index in [-0.39, 0.29) is 21.7 Å². The SMILES string of the molecule is Cc1cc2c(cc1N1c3c(c(-c4cc(-c5ccccc5)ccc4Nc4ccc5c(c4)C(C)(C)CCC5(C)C)cc4ccccc34)Bc3sc4ccccc4c31)C(C)(C)CCC2(C)C. The van der Waals surface area contributed by atoms with Crippen LogP contribution in [0.15, 0.2) is 133 Å². The summed E-state index contributed by atoms with van der Waals surface area (Å²) in [6, 6.07) is 51.0. The third-order valence-corrected chi connectivity index (χ3v) is 16.7. The summed E-state index contributed by atoms with van der Waals surface area (Å²) in [6.07, 6.45) is 4.77. The van der Waals surface area contributed by atoms with Gasteiger partial charge in [0.2, 0.25) is 7.28 Å². The second kappa shape index (κ2) is 14.2. The van der Waals surface area contributed by atoms with Crippen LogP contribution in [0.2, 0.25) is 0 Å². The van der Waals surface area contributed by atoms with Crippen LogP contribution in [0, 0.1) is 6.92 Å². The smallest absolute Gasteiger partial charge is 0.211 e. The van der Waals surface area contributed by atoms with Crippen LogP contribution in [0.5, 0.6) is 0 Å². The standard InChI is InChI=1S/C59H59BN2S/c1-36-31-46-48(59(8,9)30-29-57(46,4)5)35-50(36)62-53-41-20-14-13-19-39(41)33-44(52(53)60-55-54(62)42-21-15-16-22-51(42)63-55)43-32-38(37-17-11-10-12-18-37)23-26-49(43)61-40-24-25-45-47(34-40)58(6,7)28-27-56(45,2)3/h10-26,31-35,60-61H,27-30H2,1-9H3. The summed E-state index contributed by atoms with van der Waals surface area (Å²) >= 11 is 1.97. The molecule has 4 heteroatoms. The normalized spacial score (nSPS) is 17.6. The van der Waals surface area contributed by atoms with Crippen LogP contribution in [0.4, 0.5) is 28.4 Å². The van der Waals surface area contributed by atoms with Gasteiger partial charge in [0.25, 0.3) is 0 Å². The zero-order valence-electron chi connectivity index (χ0n) is 38.6. The molecule has 8 aromatic rings. The Kier molecular flexibility index (Phi) is 9.07. The number of thiophene rings is 1. The Labute approximate surface area is 379 Å². The van der Waals surface area contributed by atoms with Gasteiger partial charge in [0.15, 0.2) is 0 Å². The molecular formula is C59H59BN2S. The van der Waals surface area contributed by atoms with E-state index in [0.29, 0.717) is 0 Å². The maximum absolute atomic E-state index is 4.05. The van der Waals surface area contributed by atoms with Crippen LogP contribution in [0.25, 0.3) is 43.1 Å². The van der Waals surface area contributed by atoms with Gasteiger partial charge < -0.3 is 10.2 Å². The minimum absolute atomic E-state index is 0.0788. The fourth-order valence-corrected chi connectivity index (χ4v) is 12.7. The van der Waals surface area contributed by atoms with E-state index >= 15 is 0 Å². The third kappa shape index (κ3) is 6.49. The minimum Gasteiger partial charge on any atom is -0.355 e. The van der Waals surface area contributed by atoms with Crippen LogP contribution < -0.4 is 20.5 Å². The molecule has 0 bridgehead atoms. The molecule has 1 aromatic heterocycles. The molecule has 7 aromatic carbocycles. The van der Waals surface area contributed by atoms with E-state index in [1.165, 1.54) is 124 Å². The van der Waals surface area contributed by atoms with Crippen molar-refractivity contribution >= 4 is 78.2 Å². The second-order valence-corrected chi connectivity index (χ2v) is 22.7. The highest BCUT2D eigenvalue weighted by Crippen LogP contribution is 2.53. The van der Waals surface area contributed by atoms with Crippen LogP contribution >= 0.6 is 11.3 Å². The van der Waals surface area contributed by atoms with Crippen molar-refractivity contribution in [1.82, 2.24) is 0 Å². The van der Waals surface area contributed by atoms with E-state index in [1.54, 1.807) is 0 Å². The van der Waals surface area contributed by atoms with Gasteiger partial charge in [-0.05, 0) is 157 Å². The third-order valence-electron chi connectivity index (χ3n) is 15.5. The highest BCUT2D eigenvalue weighted by molar-refractivity contribution is 7.29. The predicted octanol–water partition coefficient (Wildman–Crippen LogP) is 15.3. The molecule has 0 fully saturated rings. The predicted molar refractivity (Wildman–Crippen MR) is 276 cm³/mol. The summed E-state index contributed by atoms with van der Waals surface area (Å²) in [5.41, 5.74) is 20.3. The van der Waals surface area contributed by atoms with Gasteiger partial charge in [0.1, 0.15) is 0 Å². The topological polar surface area (TPSA) is 15.3 Å². The molecule has 0 saturated heterocycles. The van der Waals surface area contributed by atoms with Crippen molar-refractivity contribution in [3.05, 3.63) is 161 Å². The van der Waals surface area contributed by atoms with Crippen molar-refractivity contribution in [2.45, 2.75) is 110 Å². The lowest BCUT2D eigenvalue weighted by Crippen LogP contribution is -2.40. The monoisotopic (exact) mass is 838 g/mol. The Morgan fingerprint density at radius 2 is 1.14 bits per heavy atom. The fraction of sp³-hybridized carbons (Fsp3) is 0.288. The van der Waals surface area contributed by atoms with Crippen molar-refractivity contribution < 1.29 is 0 Å². The fourth-order valence-electron chi connectivity index (χ4n) is 11.5. The van der Waals surface area contributed by atoms with E-state index < -0.39 is 0 Å². The molecule has 0 saturated carbocycles. The lowest BCUT2D eigenvalue weighted by Gasteiger charge is -2.43. The molecule has 2 heterocycles. The van der Waals surface area contributed by atoms with Gasteiger partial charge in [-0.1, -0.05) is 146 Å². The molecule has 11 rings (SSSR count). The average molecular weight is 839 g/mol. The van der Waals surface area contributed by atoms with Crippen molar-refractivity contribution in [1.29, 1.82) is 0 Å². The van der Waals surface area contributed by atoms with E-state index in [0.717, 1.165) is 18.7 Å². The van der Waals surface area contributed by atoms with Gasteiger partial charge in [-0.15, -0.1) is 11.3 Å². The lowest BCUT2D eigenvalue weighted by atomic mass is 9.61. The molecule has 63 heavy (non-hydrogen) atoms. The molecule has 0 amide bonds. The summed E-state index contributed by atoms with van der Waals surface area (Å²) in [6.45, 7) is 21.8. The average Bonchev–Trinajstić information content (AvgIpc) is 3.65. The van der Waals surface area contributed by atoms with E-state index in [2.05, 4.69) is 206 Å². The number of hydrogen-bond donors (Lipinski definition) is 1. The van der Waals surface area contributed by atoms with Crippen molar-refractivity contribution in [2.24, 2.45) is 0 Å². The summed E-state index contributed by atoms with van der Waals surface area (Å²) in [7, 11) is 0.861. The number of nitrogens with one attached hydrogen (secondary N) is 1. The van der Waals surface area contributed by atoms with Crippen molar-refractivity contribution in [2.75, 3.05) is 10.2 Å². The molecule has 1 N–H and O–H groups in total. The number of anilines is 5. The zero-order chi connectivity index (χ0) is 43.6. The molecular weight excluding hydrogens is 780 g/mol. The van der Waals surface area contributed by atoms with Crippen LogP contribution in [0.1, 0.15) is 109 Å². The summed E-state index contributed by atoms with van der Waals surface area (Å²) in [4.78, 5) is 2.70. The Hall–Kier alpha value is -5.58. The number of nitrogens with zero attached hydrogens (tertiary/aromatic N) is 1. The van der Waals surface area contributed by atoms with Gasteiger partial charge >= 0.3 is 0 Å². The Morgan fingerprint density at radius 3 is 1.87 bits per heavy atom. The maximum atomic E-state index is 4.05. The zero-order valence-corrected chi connectivity index (χ0v) is 39.4. The van der Waals surface area contributed by atoms with Crippen LogP contribution in [-0.4, -0.2) is 7.28 Å². The van der Waals surface area contributed by atoms with Crippen molar-refractivity contribution in [3.63, 3.8) is 0 Å². The molecule has 1 aliphatic heterocycles. The first kappa shape index (κ1) is 40.2. The minimum atomic E-state index is 0.0788. The first-order valence-electron chi connectivity index (χ1n) is 23.2. The summed E-state index contributed by atoms with van der Waals surface area (Å²) < 4.78 is 2.76. The van der Waals surface area contributed by atoms with Gasteiger partial charge in [0.05, 0.1) is 5.69 Å². The Morgan fingerprint density at radius 1 is 0.524 bits per heavy atom. The van der Waals surface area contributed by atoms with Crippen molar-refractivity contribution in [3.8, 4) is 22.3 Å². The number of hydrogen-bond acceptors (Lipinski definition) is 3. The summed E-state index contributed by atoms with van der Waals surface area (Å²) in [5, 5.41) is 7.94. The van der Waals surface area contributed by atoms with E-state index in [9.17, 15) is 0 Å². The van der Waals surface area contributed by atoms with Crippen LogP contribution in [0.3, 0.4) is 0 Å². The lowest BCUT2D eigenvalue weighted by molar-refractivity contribution is 0.332. The molecule has 314 valence electrons. The first-order chi connectivity index (χ1) is 30.1. The molecule has 2 aliphatic carbocycles. The first-order valence-corrected chi connectivity index (χ1v) is 24.0. The van der Waals surface area contributed by atoms with E-state index in [1.807, 2.05) is 11.3 Å². The van der Waals surface area contributed by atoms with Gasteiger partial charge in [-0.3, -0.25) is 0 Å². The molecule has 0 radical (unpaired) electrons. The quantitative estimate of drug-likeness (QED) is 0.174. The largest absolute Gasteiger partial charge is 0.355 e. The van der Waals surface area contributed by atoms with Crippen LogP contribution in [-0.2, 0) is 21.7 Å². The highest BCUT2D eigenvalue weighted by atomic mass is 32.1. The number of rotatable bonds is 5. The Bertz CT molecular complexity index is 3150. The second-order valence-electron chi connectivity index (χ2n) is 21.6. The molecule has 0 spiro atoms.